The summed E-state index contributed by atoms with van der Waals surface area (Å²) in [5.41, 5.74) is -0.0442. The average Bonchev–Trinajstić information content (AvgIpc) is 3.33. The van der Waals surface area contributed by atoms with Crippen LogP contribution in [0.3, 0.4) is 0 Å². The maximum Gasteiger partial charge on any atom is 0.226 e. The molecule has 0 aromatic carbocycles. The van der Waals surface area contributed by atoms with Crippen molar-refractivity contribution in [3.63, 3.8) is 0 Å². The lowest BCUT2D eigenvalue weighted by molar-refractivity contribution is -0.130. The molecule has 5 nitrogen and oxygen atoms in total. The van der Waals surface area contributed by atoms with E-state index in [-0.39, 0.29) is 5.41 Å². The summed E-state index contributed by atoms with van der Waals surface area (Å²) in [6.07, 6.45) is 12.8. The van der Waals surface area contributed by atoms with Crippen LogP contribution in [0.5, 0.6) is 0 Å². The van der Waals surface area contributed by atoms with Crippen molar-refractivity contribution in [2.45, 2.75) is 83.0 Å². The largest absolute Gasteiger partial charge is 0.341 e. The van der Waals surface area contributed by atoms with Gasteiger partial charge in [0.15, 0.2) is 5.82 Å². The van der Waals surface area contributed by atoms with E-state index in [0.29, 0.717) is 11.8 Å². The molecule has 2 atom stereocenters. The standard InChI is InChI=1S/C20H31N3O2/c1-2-17-21-19(22-25-17)20-12-6-9-16(20)13-23(14-20)18(24)11-10-15-7-4-3-5-8-15/h15-16H,2-14H2,1H3/t16-,20-/m1/s1. The fourth-order valence-electron chi connectivity index (χ4n) is 5.41. The van der Waals surface area contributed by atoms with Crippen molar-refractivity contribution in [3.8, 4) is 0 Å². The Hall–Kier alpha value is -1.39. The highest BCUT2D eigenvalue weighted by Gasteiger charge is 2.54. The quantitative estimate of drug-likeness (QED) is 0.813. The number of nitrogens with zero attached hydrogens (tertiary/aromatic N) is 3. The van der Waals surface area contributed by atoms with Gasteiger partial charge in [0.2, 0.25) is 11.8 Å². The van der Waals surface area contributed by atoms with Crippen molar-refractivity contribution >= 4 is 5.91 Å². The maximum absolute atomic E-state index is 12.8. The van der Waals surface area contributed by atoms with E-state index in [4.69, 9.17) is 4.52 Å². The van der Waals surface area contributed by atoms with Crippen LogP contribution >= 0.6 is 0 Å². The number of aromatic nitrogens is 2. The molecule has 1 amide bonds. The van der Waals surface area contributed by atoms with Crippen LogP contribution in [-0.2, 0) is 16.6 Å². The van der Waals surface area contributed by atoms with Gasteiger partial charge in [0.1, 0.15) is 0 Å². The minimum absolute atomic E-state index is 0.0442. The van der Waals surface area contributed by atoms with Crippen molar-refractivity contribution < 1.29 is 9.32 Å². The molecule has 2 heterocycles. The molecule has 1 aromatic heterocycles. The summed E-state index contributed by atoms with van der Waals surface area (Å²) in [4.78, 5) is 19.6. The molecule has 138 valence electrons. The fourth-order valence-corrected chi connectivity index (χ4v) is 5.41. The van der Waals surface area contributed by atoms with E-state index in [1.165, 1.54) is 44.9 Å². The van der Waals surface area contributed by atoms with Gasteiger partial charge in [-0.05, 0) is 31.1 Å². The van der Waals surface area contributed by atoms with Crippen LogP contribution < -0.4 is 0 Å². The molecule has 5 heteroatoms. The third-order valence-electron chi connectivity index (χ3n) is 6.93. The molecule has 0 spiro atoms. The SMILES string of the molecule is CCc1nc([C@@]23CCC[C@@H]2CN(C(=O)CCC2CCCCC2)C3)no1. The summed E-state index contributed by atoms with van der Waals surface area (Å²) in [7, 11) is 0. The smallest absolute Gasteiger partial charge is 0.226 e. The Balaban J connectivity index is 1.40. The second-order valence-electron chi connectivity index (χ2n) is 8.43. The maximum atomic E-state index is 12.8. The number of carbonyl (C=O) groups is 1. The van der Waals surface area contributed by atoms with E-state index < -0.39 is 0 Å². The summed E-state index contributed by atoms with van der Waals surface area (Å²) < 4.78 is 5.39. The van der Waals surface area contributed by atoms with Gasteiger partial charge in [0.05, 0.1) is 5.41 Å². The summed E-state index contributed by atoms with van der Waals surface area (Å²) in [6, 6.07) is 0. The Kier molecular flexibility index (Phi) is 4.83. The number of rotatable bonds is 5. The zero-order valence-electron chi connectivity index (χ0n) is 15.5. The Morgan fingerprint density at radius 3 is 2.84 bits per heavy atom. The van der Waals surface area contributed by atoms with Gasteiger partial charge in [-0.25, -0.2) is 0 Å². The first kappa shape index (κ1) is 17.0. The van der Waals surface area contributed by atoms with Crippen LogP contribution in [0.4, 0.5) is 0 Å². The molecule has 0 N–H and O–H groups in total. The lowest BCUT2D eigenvalue weighted by atomic mass is 9.80. The summed E-state index contributed by atoms with van der Waals surface area (Å²) in [6.45, 7) is 3.72. The lowest BCUT2D eigenvalue weighted by Crippen LogP contribution is -2.35. The van der Waals surface area contributed by atoms with Gasteiger partial charge >= 0.3 is 0 Å². The molecule has 4 rings (SSSR count). The first-order valence-electron chi connectivity index (χ1n) is 10.3. The molecule has 1 aromatic rings. The molecule has 0 unspecified atom stereocenters. The highest BCUT2D eigenvalue weighted by atomic mass is 16.5. The zero-order chi connectivity index (χ0) is 17.3. The van der Waals surface area contributed by atoms with Crippen LogP contribution in [0.25, 0.3) is 0 Å². The van der Waals surface area contributed by atoms with Gasteiger partial charge in [-0.15, -0.1) is 0 Å². The number of carbonyl (C=O) groups excluding carboxylic acids is 1. The number of fused-ring (bicyclic) bond motifs is 1. The summed E-state index contributed by atoms with van der Waals surface area (Å²) in [5, 5.41) is 4.29. The number of likely N-dealkylation sites (tertiary alicyclic amines) is 1. The van der Waals surface area contributed by atoms with E-state index in [1.807, 2.05) is 6.92 Å². The molecular weight excluding hydrogens is 314 g/mol. The van der Waals surface area contributed by atoms with Gasteiger partial charge in [-0.3, -0.25) is 4.79 Å². The van der Waals surface area contributed by atoms with Gasteiger partial charge in [0, 0.05) is 25.9 Å². The highest BCUT2D eigenvalue weighted by Crippen LogP contribution is 2.49. The van der Waals surface area contributed by atoms with Crippen LogP contribution in [0.1, 0.15) is 82.8 Å². The predicted molar refractivity (Wildman–Crippen MR) is 95.1 cm³/mol. The lowest BCUT2D eigenvalue weighted by Gasteiger charge is -2.25. The van der Waals surface area contributed by atoms with E-state index in [2.05, 4.69) is 15.0 Å². The molecule has 0 bridgehead atoms. The van der Waals surface area contributed by atoms with E-state index in [0.717, 1.165) is 56.4 Å². The molecular formula is C20H31N3O2. The summed E-state index contributed by atoms with van der Waals surface area (Å²) in [5.74, 6) is 3.21. The molecule has 1 aliphatic heterocycles. The van der Waals surface area contributed by atoms with E-state index >= 15 is 0 Å². The number of amides is 1. The molecule has 2 aliphatic carbocycles. The van der Waals surface area contributed by atoms with Gasteiger partial charge in [-0.1, -0.05) is 50.6 Å². The third-order valence-corrected chi connectivity index (χ3v) is 6.93. The van der Waals surface area contributed by atoms with Crippen molar-refractivity contribution in [3.05, 3.63) is 11.7 Å². The Bertz CT molecular complexity index is 608. The fraction of sp³-hybridized carbons (Fsp3) is 0.850. The number of hydrogen-bond donors (Lipinski definition) is 0. The minimum atomic E-state index is -0.0442. The number of hydrogen-bond acceptors (Lipinski definition) is 4. The first-order chi connectivity index (χ1) is 12.2. The average molecular weight is 345 g/mol. The molecule has 0 radical (unpaired) electrons. The van der Waals surface area contributed by atoms with E-state index in [9.17, 15) is 4.79 Å². The minimum Gasteiger partial charge on any atom is -0.341 e. The van der Waals surface area contributed by atoms with Gasteiger partial charge in [-0.2, -0.15) is 4.98 Å². The Labute approximate surface area is 150 Å². The molecule has 3 fully saturated rings. The zero-order valence-corrected chi connectivity index (χ0v) is 15.5. The molecule has 25 heavy (non-hydrogen) atoms. The first-order valence-corrected chi connectivity index (χ1v) is 10.3. The van der Waals surface area contributed by atoms with Crippen molar-refractivity contribution in [1.29, 1.82) is 0 Å². The van der Waals surface area contributed by atoms with Gasteiger partial charge < -0.3 is 9.42 Å². The Morgan fingerprint density at radius 1 is 1.24 bits per heavy atom. The highest BCUT2D eigenvalue weighted by molar-refractivity contribution is 5.76. The third kappa shape index (κ3) is 3.22. The number of aryl methyl sites for hydroxylation is 1. The van der Waals surface area contributed by atoms with Crippen LogP contribution in [0.15, 0.2) is 4.52 Å². The van der Waals surface area contributed by atoms with Crippen LogP contribution in [-0.4, -0.2) is 34.0 Å². The monoisotopic (exact) mass is 345 g/mol. The molecule has 1 saturated heterocycles. The van der Waals surface area contributed by atoms with Crippen molar-refractivity contribution in [2.24, 2.45) is 11.8 Å². The Morgan fingerprint density at radius 2 is 2.08 bits per heavy atom. The second-order valence-corrected chi connectivity index (χ2v) is 8.43. The predicted octanol–water partition coefficient (Wildman–Crippen LogP) is 3.87. The van der Waals surface area contributed by atoms with Crippen LogP contribution in [0.2, 0.25) is 0 Å². The molecule has 3 aliphatic rings. The van der Waals surface area contributed by atoms with Crippen LogP contribution in [0, 0.1) is 11.8 Å². The topological polar surface area (TPSA) is 59.2 Å². The van der Waals surface area contributed by atoms with Crippen molar-refractivity contribution in [2.75, 3.05) is 13.1 Å². The second kappa shape index (κ2) is 7.08. The molecule has 2 saturated carbocycles. The summed E-state index contributed by atoms with van der Waals surface area (Å²) >= 11 is 0. The normalized spacial score (nSPS) is 30.0. The van der Waals surface area contributed by atoms with E-state index in [1.54, 1.807) is 0 Å². The van der Waals surface area contributed by atoms with Gasteiger partial charge in [0.25, 0.3) is 0 Å². The van der Waals surface area contributed by atoms with Crippen molar-refractivity contribution in [1.82, 2.24) is 15.0 Å².